The van der Waals surface area contributed by atoms with E-state index >= 15 is 0 Å². The second kappa shape index (κ2) is 5.76. The van der Waals surface area contributed by atoms with Crippen LogP contribution in [0.25, 0.3) is 10.9 Å². The lowest BCUT2D eigenvalue weighted by Gasteiger charge is -2.07. The molecule has 1 heterocycles. The zero-order chi connectivity index (χ0) is 12.1. The van der Waals surface area contributed by atoms with Crippen molar-refractivity contribution in [1.82, 2.24) is 4.57 Å². The molecule has 0 atom stereocenters. The van der Waals surface area contributed by atoms with Crippen molar-refractivity contribution >= 4 is 10.9 Å². The Balaban J connectivity index is 2.28. The van der Waals surface area contributed by atoms with Crippen molar-refractivity contribution in [3.63, 3.8) is 0 Å². The van der Waals surface area contributed by atoms with E-state index in [1.165, 1.54) is 23.7 Å². The number of fused-ring (bicyclic) bond motifs is 1. The summed E-state index contributed by atoms with van der Waals surface area (Å²) in [4.78, 5) is 0. The van der Waals surface area contributed by atoms with E-state index in [4.69, 9.17) is 4.74 Å². The van der Waals surface area contributed by atoms with Gasteiger partial charge < -0.3 is 9.30 Å². The molecule has 92 valence electrons. The molecule has 0 unspecified atom stereocenters. The van der Waals surface area contributed by atoms with Crippen molar-refractivity contribution in [3.8, 4) is 5.75 Å². The van der Waals surface area contributed by atoms with Crippen molar-refractivity contribution < 1.29 is 4.74 Å². The fraction of sp³-hybridized carbons (Fsp3) is 0.467. The van der Waals surface area contributed by atoms with Crippen LogP contribution in [0.2, 0.25) is 0 Å². The molecular formula is C15H21NO. The van der Waals surface area contributed by atoms with Gasteiger partial charge in [-0.3, -0.25) is 0 Å². The van der Waals surface area contributed by atoms with Crippen molar-refractivity contribution in [2.45, 2.75) is 39.7 Å². The number of aryl methyl sites for hydroxylation is 1. The first-order valence-electron chi connectivity index (χ1n) is 6.57. The molecule has 0 aliphatic rings. The van der Waals surface area contributed by atoms with Gasteiger partial charge in [-0.15, -0.1) is 0 Å². The molecule has 1 aromatic heterocycles. The predicted molar refractivity (Wildman–Crippen MR) is 72.6 cm³/mol. The highest BCUT2D eigenvalue weighted by molar-refractivity contribution is 5.86. The summed E-state index contributed by atoms with van der Waals surface area (Å²) in [6.45, 7) is 6.24. The average molecular weight is 231 g/mol. The van der Waals surface area contributed by atoms with Crippen LogP contribution in [0.15, 0.2) is 30.5 Å². The molecule has 0 amide bonds. The molecule has 0 bridgehead atoms. The van der Waals surface area contributed by atoms with Gasteiger partial charge in [0.15, 0.2) is 0 Å². The molecule has 0 spiro atoms. The molecule has 0 aliphatic heterocycles. The summed E-state index contributed by atoms with van der Waals surface area (Å²) in [6, 6.07) is 8.47. The normalized spacial score (nSPS) is 10.9. The van der Waals surface area contributed by atoms with Gasteiger partial charge in [0.25, 0.3) is 0 Å². The van der Waals surface area contributed by atoms with E-state index in [-0.39, 0.29) is 0 Å². The molecule has 2 heteroatoms. The minimum Gasteiger partial charge on any atom is -0.493 e. The summed E-state index contributed by atoms with van der Waals surface area (Å²) in [5, 5.41) is 1.23. The Hall–Kier alpha value is -1.44. The van der Waals surface area contributed by atoms with Crippen LogP contribution in [-0.2, 0) is 6.54 Å². The van der Waals surface area contributed by atoms with Gasteiger partial charge in [-0.05, 0) is 31.0 Å². The van der Waals surface area contributed by atoms with Crippen LogP contribution in [0.3, 0.4) is 0 Å². The molecule has 2 aromatic rings. The number of unbranched alkanes of at least 4 members (excludes halogenated alkanes) is 1. The van der Waals surface area contributed by atoms with E-state index in [9.17, 15) is 0 Å². The third-order valence-corrected chi connectivity index (χ3v) is 2.99. The summed E-state index contributed by atoms with van der Waals surface area (Å²) in [5.74, 6) is 1.01. The van der Waals surface area contributed by atoms with Crippen molar-refractivity contribution in [2.24, 2.45) is 0 Å². The van der Waals surface area contributed by atoms with Crippen LogP contribution >= 0.6 is 0 Å². The molecule has 0 saturated heterocycles. The van der Waals surface area contributed by atoms with Gasteiger partial charge in [0, 0.05) is 18.1 Å². The standard InChI is InChI=1S/C15H21NO/c1-3-5-10-16-11-9-13-14(16)7-6-8-15(13)17-12-4-2/h6-9,11H,3-5,10,12H2,1-2H3. The highest BCUT2D eigenvalue weighted by Crippen LogP contribution is 2.26. The van der Waals surface area contributed by atoms with Gasteiger partial charge in [0.2, 0.25) is 0 Å². The second-order valence-corrected chi connectivity index (χ2v) is 4.40. The Morgan fingerprint density at radius 1 is 1.12 bits per heavy atom. The van der Waals surface area contributed by atoms with Crippen LogP contribution in [0.1, 0.15) is 33.1 Å². The Kier molecular flexibility index (Phi) is 4.08. The number of rotatable bonds is 6. The summed E-state index contributed by atoms with van der Waals surface area (Å²) in [6.07, 6.45) is 5.67. The molecule has 0 radical (unpaired) electrons. The minimum absolute atomic E-state index is 0.791. The molecule has 0 fully saturated rings. The van der Waals surface area contributed by atoms with Gasteiger partial charge >= 0.3 is 0 Å². The molecule has 0 N–H and O–H groups in total. The Morgan fingerprint density at radius 2 is 2.00 bits per heavy atom. The third kappa shape index (κ3) is 2.63. The Labute approximate surface area is 103 Å². The summed E-state index contributed by atoms with van der Waals surface area (Å²) in [7, 11) is 0. The van der Waals surface area contributed by atoms with E-state index in [1.54, 1.807) is 0 Å². The topological polar surface area (TPSA) is 14.2 Å². The lowest BCUT2D eigenvalue weighted by molar-refractivity contribution is 0.321. The lowest BCUT2D eigenvalue weighted by atomic mass is 10.2. The van der Waals surface area contributed by atoms with Crippen LogP contribution in [0.4, 0.5) is 0 Å². The maximum atomic E-state index is 5.77. The molecule has 1 aromatic carbocycles. The molecule has 0 saturated carbocycles. The smallest absolute Gasteiger partial charge is 0.128 e. The second-order valence-electron chi connectivity index (χ2n) is 4.40. The SMILES string of the molecule is CCCCn1ccc2c(OCCC)cccc21. The number of hydrogen-bond donors (Lipinski definition) is 0. The maximum absolute atomic E-state index is 5.77. The summed E-state index contributed by atoms with van der Waals surface area (Å²) >= 11 is 0. The van der Waals surface area contributed by atoms with E-state index in [0.29, 0.717) is 0 Å². The fourth-order valence-electron chi connectivity index (χ4n) is 2.06. The first kappa shape index (κ1) is 12.0. The van der Waals surface area contributed by atoms with E-state index in [0.717, 1.165) is 25.3 Å². The molecule has 2 nitrogen and oxygen atoms in total. The van der Waals surface area contributed by atoms with Crippen LogP contribution in [0.5, 0.6) is 5.75 Å². The zero-order valence-corrected chi connectivity index (χ0v) is 10.8. The number of ether oxygens (including phenoxy) is 1. The summed E-state index contributed by atoms with van der Waals surface area (Å²) < 4.78 is 8.09. The van der Waals surface area contributed by atoms with Crippen LogP contribution < -0.4 is 4.74 Å². The monoisotopic (exact) mass is 231 g/mol. The van der Waals surface area contributed by atoms with Crippen molar-refractivity contribution in [1.29, 1.82) is 0 Å². The molecular weight excluding hydrogens is 210 g/mol. The Morgan fingerprint density at radius 3 is 2.76 bits per heavy atom. The van der Waals surface area contributed by atoms with E-state index in [1.807, 2.05) is 0 Å². The third-order valence-electron chi connectivity index (χ3n) is 2.99. The number of hydrogen-bond acceptors (Lipinski definition) is 1. The molecule has 17 heavy (non-hydrogen) atoms. The van der Waals surface area contributed by atoms with Gasteiger partial charge in [-0.1, -0.05) is 26.3 Å². The number of benzene rings is 1. The van der Waals surface area contributed by atoms with E-state index in [2.05, 4.69) is 48.9 Å². The van der Waals surface area contributed by atoms with Crippen molar-refractivity contribution in [2.75, 3.05) is 6.61 Å². The Bertz CT molecular complexity index is 473. The largest absolute Gasteiger partial charge is 0.493 e. The van der Waals surface area contributed by atoms with Gasteiger partial charge in [-0.2, -0.15) is 0 Å². The van der Waals surface area contributed by atoms with Crippen LogP contribution in [0, 0.1) is 0 Å². The van der Waals surface area contributed by atoms with E-state index < -0.39 is 0 Å². The number of nitrogens with zero attached hydrogens (tertiary/aromatic N) is 1. The summed E-state index contributed by atoms with van der Waals surface area (Å²) in [5.41, 5.74) is 1.28. The van der Waals surface area contributed by atoms with Gasteiger partial charge in [0.05, 0.1) is 12.1 Å². The predicted octanol–water partition coefficient (Wildman–Crippen LogP) is 4.23. The highest BCUT2D eigenvalue weighted by atomic mass is 16.5. The number of aromatic nitrogens is 1. The zero-order valence-electron chi connectivity index (χ0n) is 10.8. The van der Waals surface area contributed by atoms with Crippen molar-refractivity contribution in [3.05, 3.63) is 30.5 Å². The highest BCUT2D eigenvalue weighted by Gasteiger charge is 2.05. The van der Waals surface area contributed by atoms with Gasteiger partial charge in [0.1, 0.15) is 5.75 Å². The van der Waals surface area contributed by atoms with Crippen LogP contribution in [-0.4, -0.2) is 11.2 Å². The first-order chi connectivity index (χ1) is 8.36. The maximum Gasteiger partial charge on any atom is 0.128 e. The molecule has 2 rings (SSSR count). The molecule has 0 aliphatic carbocycles. The first-order valence-corrected chi connectivity index (χ1v) is 6.57. The quantitative estimate of drug-likeness (QED) is 0.725. The lowest BCUT2D eigenvalue weighted by Crippen LogP contribution is -1.97. The fourth-order valence-corrected chi connectivity index (χ4v) is 2.06. The average Bonchev–Trinajstić information content (AvgIpc) is 2.77. The van der Waals surface area contributed by atoms with Gasteiger partial charge in [-0.25, -0.2) is 0 Å². The minimum atomic E-state index is 0.791.